The number of benzene rings is 2. The van der Waals surface area contributed by atoms with E-state index in [-0.39, 0.29) is 29.5 Å². The summed E-state index contributed by atoms with van der Waals surface area (Å²) in [5.41, 5.74) is 1.04. The zero-order valence-electron chi connectivity index (χ0n) is 13.7. The highest BCUT2D eigenvalue weighted by molar-refractivity contribution is 6.18. The number of amides is 2. The van der Waals surface area contributed by atoms with Crippen molar-refractivity contribution in [3.05, 3.63) is 60.1 Å². The topological polar surface area (TPSA) is 71.3 Å². The molecule has 2 amide bonds. The summed E-state index contributed by atoms with van der Waals surface area (Å²) in [6.45, 7) is 0. The second-order valence-electron chi connectivity index (χ2n) is 5.61. The van der Waals surface area contributed by atoms with E-state index < -0.39 is 11.7 Å². The van der Waals surface area contributed by atoms with Gasteiger partial charge in [-0.3, -0.25) is 9.59 Å². The van der Waals surface area contributed by atoms with E-state index in [0.29, 0.717) is 23.3 Å². The number of carbonyl (C=O) groups is 2. The molecule has 2 N–H and O–H groups in total. The zero-order chi connectivity index (χ0) is 18.5. The van der Waals surface area contributed by atoms with Crippen molar-refractivity contribution >= 4 is 45.8 Å². The van der Waals surface area contributed by atoms with Crippen LogP contribution in [0.2, 0.25) is 0 Å². The second kappa shape index (κ2) is 8.01. The van der Waals surface area contributed by atoms with E-state index in [1.54, 1.807) is 30.3 Å². The van der Waals surface area contributed by atoms with Crippen molar-refractivity contribution in [1.82, 2.24) is 0 Å². The van der Waals surface area contributed by atoms with Crippen LogP contribution in [0.5, 0.6) is 0 Å². The molecule has 3 rings (SSSR count). The summed E-state index contributed by atoms with van der Waals surface area (Å²) in [6, 6.07) is 12.5. The van der Waals surface area contributed by atoms with Crippen LogP contribution in [0.15, 0.2) is 52.9 Å². The average Bonchev–Trinajstić information content (AvgIpc) is 2.99. The Kier molecular flexibility index (Phi) is 5.53. The van der Waals surface area contributed by atoms with Crippen molar-refractivity contribution in [3.63, 3.8) is 0 Å². The Labute approximate surface area is 154 Å². The molecule has 0 aliphatic rings. The van der Waals surface area contributed by atoms with E-state index in [0.717, 1.165) is 0 Å². The van der Waals surface area contributed by atoms with E-state index >= 15 is 0 Å². The van der Waals surface area contributed by atoms with Crippen LogP contribution in [-0.4, -0.2) is 17.7 Å². The quantitative estimate of drug-likeness (QED) is 0.610. The number of anilines is 2. The van der Waals surface area contributed by atoms with Gasteiger partial charge in [0.15, 0.2) is 0 Å². The molecule has 0 aliphatic heterocycles. The fraction of sp³-hybridized carbons (Fsp3) is 0.158. The standard InChI is InChI=1S/C19H16ClFN2O3/c20-10-4-9-16(24)23-17-14-7-1-2-8-15(14)26-18(17)19(25)22-13-6-3-5-12(21)11-13/h1-3,5-8,11H,4,9-10H2,(H,22,25)(H,23,24). The lowest BCUT2D eigenvalue weighted by Crippen LogP contribution is -2.17. The lowest BCUT2D eigenvalue weighted by Gasteiger charge is -2.07. The minimum absolute atomic E-state index is 0.0466. The van der Waals surface area contributed by atoms with E-state index in [1.165, 1.54) is 18.2 Å². The molecule has 0 saturated heterocycles. The molecule has 0 spiro atoms. The molecule has 2 aromatic carbocycles. The van der Waals surface area contributed by atoms with Crippen molar-refractivity contribution < 1.29 is 18.4 Å². The lowest BCUT2D eigenvalue weighted by atomic mass is 10.2. The summed E-state index contributed by atoms with van der Waals surface area (Å²) >= 11 is 5.61. The second-order valence-corrected chi connectivity index (χ2v) is 5.99. The van der Waals surface area contributed by atoms with Crippen LogP contribution in [-0.2, 0) is 4.79 Å². The van der Waals surface area contributed by atoms with Crippen molar-refractivity contribution in [2.24, 2.45) is 0 Å². The minimum atomic E-state index is -0.584. The molecule has 5 nitrogen and oxygen atoms in total. The third kappa shape index (κ3) is 4.03. The van der Waals surface area contributed by atoms with Crippen LogP contribution in [0.4, 0.5) is 15.8 Å². The Balaban J connectivity index is 1.92. The van der Waals surface area contributed by atoms with Crippen LogP contribution in [0.3, 0.4) is 0 Å². The first-order valence-electron chi connectivity index (χ1n) is 8.03. The fourth-order valence-corrected chi connectivity index (χ4v) is 2.65. The monoisotopic (exact) mass is 374 g/mol. The van der Waals surface area contributed by atoms with Gasteiger partial charge in [-0.2, -0.15) is 0 Å². The molecule has 0 unspecified atom stereocenters. The van der Waals surface area contributed by atoms with Crippen molar-refractivity contribution in [2.75, 3.05) is 16.5 Å². The maximum atomic E-state index is 13.3. The highest BCUT2D eigenvalue weighted by Gasteiger charge is 2.22. The van der Waals surface area contributed by atoms with Crippen molar-refractivity contribution in [2.45, 2.75) is 12.8 Å². The predicted octanol–water partition coefficient (Wildman–Crippen LogP) is 4.78. The van der Waals surface area contributed by atoms with Crippen LogP contribution in [0, 0.1) is 5.82 Å². The van der Waals surface area contributed by atoms with Gasteiger partial charge in [0.25, 0.3) is 5.91 Å². The summed E-state index contributed by atoms with van der Waals surface area (Å²) < 4.78 is 18.9. The normalized spacial score (nSPS) is 10.7. The van der Waals surface area contributed by atoms with Gasteiger partial charge in [-0.25, -0.2) is 4.39 Å². The Morgan fingerprint density at radius 1 is 1.08 bits per heavy atom. The van der Waals surface area contributed by atoms with E-state index in [2.05, 4.69) is 10.6 Å². The Bertz CT molecular complexity index is 955. The highest BCUT2D eigenvalue weighted by Crippen LogP contribution is 2.31. The molecule has 26 heavy (non-hydrogen) atoms. The number of alkyl halides is 1. The molecule has 134 valence electrons. The van der Waals surface area contributed by atoms with E-state index in [9.17, 15) is 14.0 Å². The number of para-hydroxylation sites is 1. The number of rotatable bonds is 6. The van der Waals surface area contributed by atoms with Crippen LogP contribution in [0.1, 0.15) is 23.4 Å². The smallest absolute Gasteiger partial charge is 0.293 e. The first-order valence-corrected chi connectivity index (χ1v) is 8.56. The molecule has 0 radical (unpaired) electrons. The molecule has 7 heteroatoms. The van der Waals surface area contributed by atoms with Gasteiger partial charge >= 0.3 is 0 Å². The molecule has 1 aromatic heterocycles. The number of fused-ring (bicyclic) bond motifs is 1. The van der Waals surface area contributed by atoms with Crippen molar-refractivity contribution in [3.8, 4) is 0 Å². The third-order valence-electron chi connectivity index (χ3n) is 3.69. The number of hydrogen-bond acceptors (Lipinski definition) is 3. The molecule has 0 fully saturated rings. The molecular weight excluding hydrogens is 359 g/mol. The molecule has 0 saturated carbocycles. The highest BCUT2D eigenvalue weighted by atomic mass is 35.5. The average molecular weight is 375 g/mol. The summed E-state index contributed by atoms with van der Waals surface area (Å²) in [5.74, 6) is -1.000. The molecule has 0 atom stereocenters. The first-order chi connectivity index (χ1) is 12.6. The van der Waals surface area contributed by atoms with E-state index in [4.69, 9.17) is 16.0 Å². The fourth-order valence-electron chi connectivity index (χ4n) is 2.51. The minimum Gasteiger partial charge on any atom is -0.449 e. The summed E-state index contributed by atoms with van der Waals surface area (Å²) in [6.07, 6.45) is 0.752. The maximum absolute atomic E-state index is 13.3. The predicted molar refractivity (Wildman–Crippen MR) is 99.2 cm³/mol. The number of nitrogens with one attached hydrogen (secondary N) is 2. The number of furan rings is 1. The van der Waals surface area contributed by atoms with Gasteiger partial charge in [0.05, 0.1) is 0 Å². The van der Waals surface area contributed by atoms with Crippen LogP contribution in [0.25, 0.3) is 11.0 Å². The van der Waals surface area contributed by atoms with Crippen LogP contribution < -0.4 is 10.6 Å². The molecule has 0 aliphatic carbocycles. The molecule has 0 bridgehead atoms. The summed E-state index contributed by atoms with van der Waals surface area (Å²) in [4.78, 5) is 24.7. The van der Waals surface area contributed by atoms with Crippen LogP contribution >= 0.6 is 11.6 Å². The van der Waals surface area contributed by atoms with Gasteiger partial charge in [-0.1, -0.05) is 18.2 Å². The Morgan fingerprint density at radius 2 is 1.88 bits per heavy atom. The largest absolute Gasteiger partial charge is 0.449 e. The van der Waals surface area contributed by atoms with Gasteiger partial charge < -0.3 is 15.1 Å². The first kappa shape index (κ1) is 17.9. The van der Waals surface area contributed by atoms with Gasteiger partial charge in [-0.05, 0) is 36.8 Å². The third-order valence-corrected chi connectivity index (χ3v) is 3.95. The maximum Gasteiger partial charge on any atom is 0.293 e. The lowest BCUT2D eigenvalue weighted by molar-refractivity contribution is -0.116. The zero-order valence-corrected chi connectivity index (χ0v) is 14.5. The van der Waals surface area contributed by atoms with Gasteiger partial charge in [-0.15, -0.1) is 11.6 Å². The number of carbonyl (C=O) groups excluding carboxylic acids is 2. The van der Waals surface area contributed by atoms with Crippen molar-refractivity contribution in [1.29, 1.82) is 0 Å². The summed E-state index contributed by atoms with van der Waals surface area (Å²) in [7, 11) is 0. The Morgan fingerprint density at radius 3 is 2.65 bits per heavy atom. The van der Waals surface area contributed by atoms with Gasteiger partial charge in [0.1, 0.15) is 17.1 Å². The molecular formula is C19H16ClFN2O3. The number of hydrogen-bond donors (Lipinski definition) is 2. The van der Waals surface area contributed by atoms with Gasteiger partial charge in [0, 0.05) is 23.4 Å². The number of halogens is 2. The van der Waals surface area contributed by atoms with E-state index in [1.807, 2.05) is 0 Å². The molecule has 1 heterocycles. The molecule has 3 aromatic rings. The summed E-state index contributed by atoms with van der Waals surface area (Å²) in [5, 5.41) is 5.90. The van der Waals surface area contributed by atoms with Gasteiger partial charge in [0.2, 0.25) is 11.7 Å². The SMILES string of the molecule is O=C(CCCCl)Nc1c(C(=O)Nc2cccc(F)c2)oc2ccccc12. The Hall–Kier alpha value is -2.86.